The molecule has 86 valence electrons. The molecule has 0 fully saturated rings. The molecule has 0 aliphatic carbocycles. The summed E-state index contributed by atoms with van der Waals surface area (Å²) in [5.41, 5.74) is 0. The smallest absolute Gasteiger partial charge is 0.210 e. The topological polar surface area (TPSA) is 85.3 Å². The van der Waals surface area contributed by atoms with E-state index in [-0.39, 0.29) is 5.75 Å². The first-order valence-corrected chi connectivity index (χ1v) is 7.33. The average molecular weight is 362 g/mol. The van der Waals surface area contributed by atoms with Crippen LogP contribution in [0.5, 0.6) is 0 Å². The standard InChI is InChI=1S/C7H10Br2N2O3S/c8-6-3-5(14-7(6)9)4-11-1-2-15(10,12)13/h3,11H,1-2,4H2,(H2,10,12,13). The summed E-state index contributed by atoms with van der Waals surface area (Å²) in [7, 11) is -3.39. The van der Waals surface area contributed by atoms with Crippen LogP contribution < -0.4 is 10.5 Å². The highest BCUT2D eigenvalue weighted by atomic mass is 79.9. The molecule has 0 atom stereocenters. The van der Waals surface area contributed by atoms with Crippen LogP contribution in [-0.4, -0.2) is 20.7 Å². The van der Waals surface area contributed by atoms with E-state index in [9.17, 15) is 8.42 Å². The number of halogens is 2. The van der Waals surface area contributed by atoms with E-state index in [0.29, 0.717) is 23.5 Å². The molecule has 8 heteroatoms. The van der Waals surface area contributed by atoms with Crippen LogP contribution in [0.15, 0.2) is 19.6 Å². The number of hydrogen-bond acceptors (Lipinski definition) is 4. The normalized spacial score (nSPS) is 11.9. The number of primary sulfonamides is 1. The maximum absolute atomic E-state index is 10.6. The molecule has 1 rings (SSSR count). The Balaban J connectivity index is 2.32. The number of sulfonamides is 1. The van der Waals surface area contributed by atoms with Crippen LogP contribution in [0, 0.1) is 0 Å². The Bertz CT molecular complexity index is 410. The van der Waals surface area contributed by atoms with Crippen molar-refractivity contribution in [3.8, 4) is 0 Å². The molecule has 0 aromatic carbocycles. The second kappa shape index (κ2) is 5.44. The maximum Gasteiger partial charge on any atom is 0.210 e. The van der Waals surface area contributed by atoms with Gasteiger partial charge in [0.2, 0.25) is 10.0 Å². The summed E-state index contributed by atoms with van der Waals surface area (Å²) in [6, 6.07) is 1.80. The second-order valence-corrected chi connectivity index (χ2v) is 6.19. The van der Waals surface area contributed by atoms with Crippen LogP contribution in [0.4, 0.5) is 0 Å². The van der Waals surface area contributed by atoms with Gasteiger partial charge >= 0.3 is 0 Å². The predicted octanol–water partition coefficient (Wildman–Crippen LogP) is 1.18. The van der Waals surface area contributed by atoms with Gasteiger partial charge in [0, 0.05) is 6.54 Å². The minimum Gasteiger partial charge on any atom is -0.452 e. The van der Waals surface area contributed by atoms with E-state index in [1.807, 2.05) is 0 Å². The van der Waals surface area contributed by atoms with E-state index in [4.69, 9.17) is 9.56 Å². The highest BCUT2D eigenvalue weighted by molar-refractivity contribution is 9.13. The largest absolute Gasteiger partial charge is 0.452 e. The fourth-order valence-corrected chi connectivity index (χ4v) is 1.99. The van der Waals surface area contributed by atoms with Crippen molar-refractivity contribution >= 4 is 41.9 Å². The van der Waals surface area contributed by atoms with Gasteiger partial charge < -0.3 is 9.73 Å². The Hall–Kier alpha value is 0.110. The lowest BCUT2D eigenvalue weighted by atomic mass is 10.4. The third kappa shape index (κ3) is 5.12. The molecule has 0 radical (unpaired) electrons. The Morgan fingerprint density at radius 2 is 2.13 bits per heavy atom. The molecule has 1 aromatic heterocycles. The monoisotopic (exact) mass is 360 g/mol. The lowest BCUT2D eigenvalue weighted by Crippen LogP contribution is -2.26. The molecule has 1 aromatic rings. The SMILES string of the molecule is NS(=O)(=O)CCNCc1cc(Br)c(Br)o1. The zero-order valence-electron chi connectivity index (χ0n) is 7.66. The van der Waals surface area contributed by atoms with Crippen molar-refractivity contribution in [3.63, 3.8) is 0 Å². The van der Waals surface area contributed by atoms with Crippen LogP contribution >= 0.6 is 31.9 Å². The summed E-state index contributed by atoms with van der Waals surface area (Å²) in [5.74, 6) is 0.624. The molecule has 0 saturated carbocycles. The van der Waals surface area contributed by atoms with Crippen molar-refractivity contribution in [3.05, 3.63) is 21.0 Å². The van der Waals surface area contributed by atoms with Gasteiger partial charge in [-0.1, -0.05) is 0 Å². The Morgan fingerprint density at radius 3 is 2.60 bits per heavy atom. The van der Waals surface area contributed by atoms with Crippen molar-refractivity contribution in [1.82, 2.24) is 5.32 Å². The summed E-state index contributed by atoms with van der Waals surface area (Å²) >= 11 is 6.47. The molecule has 0 bridgehead atoms. The van der Waals surface area contributed by atoms with Crippen LogP contribution in [-0.2, 0) is 16.6 Å². The molecule has 1 heterocycles. The first kappa shape index (κ1) is 13.2. The minimum atomic E-state index is -3.39. The van der Waals surface area contributed by atoms with Gasteiger partial charge in [0.15, 0.2) is 4.67 Å². The zero-order valence-corrected chi connectivity index (χ0v) is 11.7. The van der Waals surface area contributed by atoms with Crippen molar-refractivity contribution < 1.29 is 12.8 Å². The van der Waals surface area contributed by atoms with E-state index in [0.717, 1.165) is 4.47 Å². The highest BCUT2D eigenvalue weighted by Gasteiger charge is 2.06. The van der Waals surface area contributed by atoms with Gasteiger partial charge in [-0.05, 0) is 37.9 Å². The van der Waals surface area contributed by atoms with Gasteiger partial charge in [-0.15, -0.1) is 0 Å². The highest BCUT2D eigenvalue weighted by Crippen LogP contribution is 2.26. The maximum atomic E-state index is 10.6. The second-order valence-electron chi connectivity index (χ2n) is 2.88. The fraction of sp³-hybridized carbons (Fsp3) is 0.429. The van der Waals surface area contributed by atoms with Crippen molar-refractivity contribution in [2.45, 2.75) is 6.54 Å². The number of hydrogen-bond donors (Lipinski definition) is 2. The van der Waals surface area contributed by atoms with E-state index in [1.54, 1.807) is 6.07 Å². The predicted molar refractivity (Wildman–Crippen MR) is 63.8 cm³/mol. The lowest BCUT2D eigenvalue weighted by molar-refractivity contribution is 0.468. The van der Waals surface area contributed by atoms with E-state index < -0.39 is 10.0 Å². The Kier molecular flexibility index (Phi) is 4.78. The number of nitrogens with one attached hydrogen (secondary N) is 1. The van der Waals surface area contributed by atoms with Gasteiger partial charge in [-0.25, -0.2) is 13.6 Å². The molecule has 0 saturated heterocycles. The van der Waals surface area contributed by atoms with E-state index in [2.05, 4.69) is 37.2 Å². The average Bonchev–Trinajstić information content (AvgIpc) is 2.39. The van der Waals surface area contributed by atoms with Gasteiger partial charge in [-0.2, -0.15) is 0 Å². The van der Waals surface area contributed by atoms with E-state index in [1.165, 1.54) is 0 Å². The Morgan fingerprint density at radius 1 is 1.47 bits per heavy atom. The summed E-state index contributed by atoms with van der Waals surface area (Å²) in [4.78, 5) is 0. The molecular weight excluding hydrogens is 352 g/mol. The first-order valence-electron chi connectivity index (χ1n) is 4.03. The first-order chi connectivity index (χ1) is 6.88. The lowest BCUT2D eigenvalue weighted by Gasteiger charge is -2.00. The summed E-state index contributed by atoms with van der Waals surface area (Å²) in [5, 5.41) is 7.74. The number of furan rings is 1. The van der Waals surface area contributed by atoms with Crippen molar-refractivity contribution in [1.29, 1.82) is 0 Å². The molecule has 0 aliphatic heterocycles. The number of nitrogens with two attached hydrogens (primary N) is 1. The van der Waals surface area contributed by atoms with Crippen LogP contribution in [0.25, 0.3) is 0 Å². The molecule has 5 nitrogen and oxygen atoms in total. The zero-order chi connectivity index (χ0) is 11.5. The van der Waals surface area contributed by atoms with Gasteiger partial charge in [0.05, 0.1) is 16.8 Å². The summed E-state index contributed by atoms with van der Waals surface area (Å²) < 4.78 is 27.9. The molecule has 15 heavy (non-hydrogen) atoms. The Labute approximate surface area is 105 Å². The van der Waals surface area contributed by atoms with Gasteiger partial charge in [0.1, 0.15) is 5.76 Å². The van der Waals surface area contributed by atoms with Crippen molar-refractivity contribution in [2.75, 3.05) is 12.3 Å². The molecular formula is C7H10Br2N2O3S. The molecule has 0 amide bonds. The van der Waals surface area contributed by atoms with Crippen molar-refractivity contribution in [2.24, 2.45) is 5.14 Å². The minimum absolute atomic E-state index is 0.0873. The quantitative estimate of drug-likeness (QED) is 0.771. The molecule has 0 unspecified atom stereocenters. The molecule has 3 N–H and O–H groups in total. The third-order valence-corrected chi connectivity index (χ3v) is 4.04. The van der Waals surface area contributed by atoms with E-state index >= 15 is 0 Å². The van der Waals surface area contributed by atoms with Crippen LogP contribution in [0.2, 0.25) is 0 Å². The van der Waals surface area contributed by atoms with Gasteiger partial charge in [0.25, 0.3) is 0 Å². The van der Waals surface area contributed by atoms with Crippen LogP contribution in [0.3, 0.4) is 0 Å². The van der Waals surface area contributed by atoms with Gasteiger partial charge in [-0.3, -0.25) is 0 Å². The fourth-order valence-electron chi connectivity index (χ4n) is 0.905. The molecule has 0 aliphatic rings. The number of rotatable bonds is 5. The summed E-state index contributed by atoms with van der Waals surface area (Å²) in [6.45, 7) is 0.758. The van der Waals surface area contributed by atoms with Crippen LogP contribution in [0.1, 0.15) is 5.76 Å². The summed E-state index contributed by atoms with van der Waals surface area (Å²) in [6.07, 6.45) is 0. The molecule has 0 spiro atoms. The third-order valence-electron chi connectivity index (χ3n) is 1.56.